The Morgan fingerprint density at radius 2 is 2.25 bits per heavy atom. The molecule has 0 radical (unpaired) electrons. The van der Waals surface area contributed by atoms with Gasteiger partial charge in [-0.3, -0.25) is 0 Å². The van der Waals surface area contributed by atoms with Crippen molar-refractivity contribution >= 4 is 16.4 Å². The lowest BCUT2D eigenvalue weighted by atomic mass is 11.4. The van der Waals surface area contributed by atoms with Gasteiger partial charge >= 0.3 is 0 Å². The van der Waals surface area contributed by atoms with Gasteiger partial charge in [-0.15, -0.1) is 0 Å². The van der Waals surface area contributed by atoms with Gasteiger partial charge in [0.2, 0.25) is 0 Å². The summed E-state index contributed by atoms with van der Waals surface area (Å²) in [6.45, 7) is 0. The van der Waals surface area contributed by atoms with Crippen LogP contribution in [0.5, 0.6) is 0 Å². The van der Waals surface area contributed by atoms with Crippen LogP contribution in [0.4, 0.5) is 0 Å². The fourth-order valence-electron chi connectivity index (χ4n) is 0.126. The molecule has 0 aromatic rings. The number of nitrogens with zero attached hydrogens (tertiary/aromatic N) is 1. The second-order valence-electron chi connectivity index (χ2n) is 1.13. The number of nitrogens with two attached hydrogens (primary N) is 1. The van der Waals surface area contributed by atoms with Gasteiger partial charge in [0.1, 0.15) is 6.34 Å². The van der Waals surface area contributed by atoms with E-state index in [0.29, 0.717) is 0 Å². The van der Waals surface area contributed by atoms with Crippen LogP contribution in [0.25, 0.3) is 0 Å². The minimum Gasteiger partial charge on any atom is -0.314 e. The molecular weight excluding hydrogens is 130 g/mol. The van der Waals surface area contributed by atoms with Gasteiger partial charge in [0.15, 0.2) is 0 Å². The fourth-order valence-corrected chi connectivity index (χ4v) is 0.379. The molecule has 6 heteroatoms. The summed E-state index contributed by atoms with van der Waals surface area (Å²) in [5.74, 6) is 4.67. The third-order valence-corrected chi connectivity index (χ3v) is 0.807. The number of sulfonamides is 1. The third-order valence-electron chi connectivity index (χ3n) is 0.319. The zero-order valence-corrected chi connectivity index (χ0v) is 5.14. The van der Waals surface area contributed by atoms with Crippen LogP contribution in [-0.4, -0.2) is 21.0 Å². The first-order valence-corrected chi connectivity index (χ1v) is 3.61. The van der Waals surface area contributed by atoms with Crippen molar-refractivity contribution < 1.29 is 8.42 Å². The van der Waals surface area contributed by atoms with Crippen LogP contribution in [0.2, 0.25) is 0 Å². The second-order valence-corrected chi connectivity index (χ2v) is 2.81. The summed E-state index contributed by atoms with van der Waals surface area (Å²) in [6.07, 6.45) is 1.87. The van der Waals surface area contributed by atoms with Gasteiger partial charge in [0.05, 0.1) is 6.26 Å². The normalized spacial score (nSPS) is 12.2. The molecule has 0 aliphatic heterocycles. The van der Waals surface area contributed by atoms with E-state index in [1.807, 2.05) is 5.43 Å². The molecule has 8 heavy (non-hydrogen) atoms. The number of hydrogen-bond acceptors (Lipinski definition) is 3. The van der Waals surface area contributed by atoms with E-state index in [9.17, 15) is 8.42 Å². The van der Waals surface area contributed by atoms with Crippen molar-refractivity contribution in [2.24, 2.45) is 10.2 Å². The minimum absolute atomic E-state index is 0.898. The van der Waals surface area contributed by atoms with Crippen molar-refractivity contribution in [2.75, 3.05) is 6.26 Å². The van der Waals surface area contributed by atoms with Gasteiger partial charge in [0.25, 0.3) is 10.0 Å². The molecule has 0 amide bonds. The maximum Gasteiger partial charge on any atom is 0.251 e. The first-order chi connectivity index (χ1) is 3.56. The Balaban J connectivity index is 3.92. The molecule has 0 bridgehead atoms. The molecule has 0 aliphatic rings. The van der Waals surface area contributed by atoms with E-state index in [0.717, 1.165) is 12.6 Å². The van der Waals surface area contributed by atoms with Crippen molar-refractivity contribution in [3.05, 3.63) is 0 Å². The van der Waals surface area contributed by atoms with E-state index < -0.39 is 10.0 Å². The minimum atomic E-state index is -3.26. The van der Waals surface area contributed by atoms with Crippen LogP contribution >= 0.6 is 0 Å². The highest BCUT2D eigenvalue weighted by atomic mass is 32.2. The molecule has 0 aliphatic carbocycles. The van der Waals surface area contributed by atoms with Crippen LogP contribution in [0.15, 0.2) is 4.40 Å². The summed E-state index contributed by atoms with van der Waals surface area (Å²) in [5, 5.41) is 0. The lowest BCUT2D eigenvalue weighted by Gasteiger charge is -1.83. The van der Waals surface area contributed by atoms with Crippen molar-refractivity contribution in [1.29, 1.82) is 0 Å². The molecule has 0 unspecified atom stereocenters. The molecule has 0 rings (SSSR count). The molecule has 0 fully saturated rings. The molecule has 0 saturated heterocycles. The maximum atomic E-state index is 10.1. The van der Waals surface area contributed by atoms with Crippen molar-refractivity contribution in [2.45, 2.75) is 0 Å². The van der Waals surface area contributed by atoms with E-state index in [-0.39, 0.29) is 0 Å². The van der Waals surface area contributed by atoms with Crippen LogP contribution in [0, 0.1) is 0 Å². The first kappa shape index (κ1) is 7.38. The topological polar surface area (TPSA) is 84.5 Å². The highest BCUT2D eigenvalue weighted by Gasteiger charge is 1.89. The fraction of sp³-hybridized carbons (Fsp3) is 0.500. The summed E-state index contributed by atoms with van der Waals surface area (Å²) >= 11 is 0. The average Bonchev–Trinajstić information content (AvgIpc) is 1.59. The van der Waals surface area contributed by atoms with Gasteiger partial charge in [-0.05, 0) is 0 Å². The number of hydrogen-bond donors (Lipinski definition) is 2. The number of hydrazine groups is 1. The molecule has 3 N–H and O–H groups in total. The van der Waals surface area contributed by atoms with Gasteiger partial charge in [0, 0.05) is 0 Å². The largest absolute Gasteiger partial charge is 0.314 e. The molecule has 48 valence electrons. The Bertz CT molecular complexity index is 170. The summed E-state index contributed by atoms with van der Waals surface area (Å²) < 4.78 is 23.2. The first-order valence-electron chi connectivity index (χ1n) is 1.76. The maximum absolute atomic E-state index is 10.1. The van der Waals surface area contributed by atoms with E-state index in [1.165, 1.54) is 0 Å². The predicted octanol–water partition coefficient (Wildman–Crippen LogP) is -1.56. The Labute approximate surface area is 47.6 Å². The lowest BCUT2D eigenvalue weighted by molar-refractivity contribution is 0.603. The molecule has 0 atom stereocenters. The van der Waals surface area contributed by atoms with Crippen LogP contribution in [0.1, 0.15) is 0 Å². The molecular formula is C2H7N3O2S. The van der Waals surface area contributed by atoms with Gasteiger partial charge in [-0.2, -0.15) is 4.40 Å². The smallest absolute Gasteiger partial charge is 0.251 e. The Morgan fingerprint density at radius 1 is 1.75 bits per heavy atom. The van der Waals surface area contributed by atoms with E-state index in [2.05, 4.69) is 10.2 Å². The predicted molar refractivity (Wildman–Crippen MR) is 30.7 cm³/mol. The summed E-state index contributed by atoms with van der Waals surface area (Å²) in [5.41, 5.74) is 1.95. The van der Waals surface area contributed by atoms with Crippen LogP contribution in [-0.2, 0) is 10.0 Å². The third kappa shape index (κ3) is 5.38. The molecule has 5 nitrogen and oxygen atoms in total. The SMILES string of the molecule is CS(=O)(=O)N=CNN. The summed E-state index contributed by atoms with van der Waals surface area (Å²) in [6, 6.07) is 0. The zero-order chi connectivity index (χ0) is 6.62. The van der Waals surface area contributed by atoms with E-state index in [1.54, 1.807) is 0 Å². The average molecular weight is 137 g/mol. The Kier molecular flexibility index (Phi) is 2.43. The quantitative estimate of drug-likeness (QED) is 0.208. The lowest BCUT2D eigenvalue weighted by Crippen LogP contribution is -2.19. The zero-order valence-electron chi connectivity index (χ0n) is 4.33. The van der Waals surface area contributed by atoms with E-state index >= 15 is 0 Å². The standard InChI is InChI=1S/C2H7N3O2S/c1-8(6,7)5-2-4-3/h2H,3H2,1H3,(H,4,5). The highest BCUT2D eigenvalue weighted by Crippen LogP contribution is 1.77. The van der Waals surface area contributed by atoms with Crippen LogP contribution in [0.3, 0.4) is 0 Å². The Hall–Kier alpha value is -0.620. The van der Waals surface area contributed by atoms with Crippen LogP contribution < -0.4 is 11.3 Å². The van der Waals surface area contributed by atoms with Crippen molar-refractivity contribution in [3.63, 3.8) is 0 Å². The monoisotopic (exact) mass is 137 g/mol. The van der Waals surface area contributed by atoms with Crippen molar-refractivity contribution in [3.8, 4) is 0 Å². The molecule has 0 aromatic heterocycles. The second kappa shape index (κ2) is 2.63. The highest BCUT2D eigenvalue weighted by molar-refractivity contribution is 7.89. The van der Waals surface area contributed by atoms with Gasteiger partial charge < -0.3 is 5.43 Å². The summed E-state index contributed by atoms with van der Waals surface area (Å²) in [4.78, 5) is 0. The van der Waals surface area contributed by atoms with Gasteiger partial charge in [-0.25, -0.2) is 14.3 Å². The van der Waals surface area contributed by atoms with Gasteiger partial charge in [-0.1, -0.05) is 0 Å². The molecule has 0 saturated carbocycles. The van der Waals surface area contributed by atoms with Crippen molar-refractivity contribution in [1.82, 2.24) is 5.43 Å². The Morgan fingerprint density at radius 3 is 2.38 bits per heavy atom. The molecule has 0 aromatic carbocycles. The number of nitrogens with one attached hydrogen (secondary N) is 1. The van der Waals surface area contributed by atoms with E-state index in [4.69, 9.17) is 0 Å². The molecule has 0 spiro atoms. The summed E-state index contributed by atoms with van der Waals surface area (Å²) in [7, 11) is -3.26. The number of rotatable bonds is 2. The molecule has 0 heterocycles.